The van der Waals surface area contributed by atoms with Crippen molar-refractivity contribution in [2.75, 3.05) is 19.8 Å². The van der Waals surface area contributed by atoms with Crippen molar-refractivity contribution in [3.63, 3.8) is 0 Å². The van der Waals surface area contributed by atoms with Crippen LogP contribution >= 0.6 is 0 Å². The fourth-order valence-corrected chi connectivity index (χ4v) is 2.49. The fourth-order valence-electron chi connectivity index (χ4n) is 2.49. The van der Waals surface area contributed by atoms with Gasteiger partial charge in [-0.1, -0.05) is 12.1 Å². The van der Waals surface area contributed by atoms with Crippen molar-refractivity contribution in [2.24, 2.45) is 5.73 Å². The maximum atomic E-state index is 9.00. The molecule has 3 rings (SSSR count). The number of rotatable bonds is 3. The number of benzene rings is 1. The van der Waals surface area contributed by atoms with E-state index >= 15 is 0 Å². The van der Waals surface area contributed by atoms with Gasteiger partial charge in [-0.15, -0.1) is 0 Å². The Labute approximate surface area is 106 Å². The molecular weight excluding hydrogens is 233 g/mol. The molecule has 0 aromatic heterocycles. The molecule has 0 spiro atoms. The molecule has 0 fully saturated rings. The summed E-state index contributed by atoms with van der Waals surface area (Å²) in [6.07, 6.45) is 0.245. The van der Waals surface area contributed by atoms with Crippen molar-refractivity contribution in [1.82, 2.24) is 0 Å². The molecule has 0 saturated heterocycles. The van der Waals surface area contributed by atoms with Crippen LogP contribution in [0.1, 0.15) is 18.1 Å². The van der Waals surface area contributed by atoms with Crippen LogP contribution in [0.15, 0.2) is 18.2 Å². The van der Waals surface area contributed by atoms with Crippen LogP contribution in [0, 0.1) is 0 Å². The number of ether oxygens (including phenoxy) is 1. The van der Waals surface area contributed by atoms with Crippen molar-refractivity contribution in [1.29, 1.82) is 0 Å². The molecule has 5 nitrogen and oxygen atoms in total. The molecule has 0 bridgehead atoms. The lowest BCUT2D eigenvalue weighted by molar-refractivity contribution is 0.0728. The normalized spacial score (nSPS) is 25.6. The van der Waals surface area contributed by atoms with Crippen molar-refractivity contribution >= 4 is 12.6 Å². The molecule has 2 unspecified atom stereocenters. The molecule has 0 radical (unpaired) electrons. The smallest absolute Gasteiger partial charge is 0.491 e. The van der Waals surface area contributed by atoms with Crippen LogP contribution in [-0.4, -0.2) is 38.1 Å². The highest BCUT2D eigenvalue weighted by molar-refractivity contribution is 6.64. The van der Waals surface area contributed by atoms with Crippen LogP contribution in [-0.2, 0) is 9.31 Å². The summed E-state index contributed by atoms with van der Waals surface area (Å²) in [5.41, 5.74) is 7.71. The Morgan fingerprint density at radius 2 is 2.28 bits per heavy atom. The van der Waals surface area contributed by atoms with Crippen LogP contribution < -0.4 is 15.9 Å². The van der Waals surface area contributed by atoms with Crippen LogP contribution in [0.5, 0.6) is 5.75 Å². The van der Waals surface area contributed by atoms with Gasteiger partial charge in [0.15, 0.2) is 0 Å². The van der Waals surface area contributed by atoms with Gasteiger partial charge in [-0.3, -0.25) is 0 Å². The predicted octanol–water partition coefficient (Wildman–Crippen LogP) is -0.428. The number of aliphatic hydroxyl groups excluding tert-OH is 1. The minimum absolute atomic E-state index is 0.0737. The molecule has 2 aliphatic heterocycles. The summed E-state index contributed by atoms with van der Waals surface area (Å²) in [4.78, 5) is 0. The molecule has 0 saturated carbocycles. The van der Waals surface area contributed by atoms with E-state index in [0.29, 0.717) is 19.6 Å². The van der Waals surface area contributed by atoms with E-state index in [4.69, 9.17) is 24.9 Å². The summed E-state index contributed by atoms with van der Waals surface area (Å²) in [7, 11) is -0.427. The van der Waals surface area contributed by atoms with E-state index < -0.39 is 7.12 Å². The predicted molar refractivity (Wildman–Crippen MR) is 66.8 cm³/mol. The van der Waals surface area contributed by atoms with Crippen LogP contribution in [0.4, 0.5) is 0 Å². The lowest BCUT2D eigenvalue weighted by Gasteiger charge is -2.17. The second-order valence-corrected chi connectivity index (χ2v) is 4.53. The van der Waals surface area contributed by atoms with Gasteiger partial charge in [0.1, 0.15) is 12.4 Å². The molecule has 2 heterocycles. The highest BCUT2D eigenvalue weighted by Crippen LogP contribution is 2.30. The van der Waals surface area contributed by atoms with Gasteiger partial charge in [-0.25, -0.2) is 0 Å². The monoisotopic (exact) mass is 249 g/mol. The molecule has 6 heteroatoms. The summed E-state index contributed by atoms with van der Waals surface area (Å²) in [5, 5.41) is 9.00. The first-order valence-electron chi connectivity index (χ1n) is 6.21. The van der Waals surface area contributed by atoms with Crippen molar-refractivity contribution in [3.8, 4) is 5.75 Å². The van der Waals surface area contributed by atoms with E-state index in [2.05, 4.69) is 0 Å². The maximum absolute atomic E-state index is 9.00. The number of aliphatic hydroxyl groups is 1. The van der Waals surface area contributed by atoms with Gasteiger partial charge >= 0.3 is 7.12 Å². The van der Waals surface area contributed by atoms with Crippen molar-refractivity contribution in [2.45, 2.75) is 18.6 Å². The molecule has 0 amide bonds. The van der Waals surface area contributed by atoms with E-state index in [1.807, 2.05) is 18.2 Å². The largest absolute Gasteiger partial charge is 0.498 e. The lowest BCUT2D eigenvalue weighted by Crippen LogP contribution is -2.35. The average Bonchev–Trinajstić information content (AvgIpc) is 2.65. The molecule has 96 valence electrons. The molecule has 1 aromatic carbocycles. The molecule has 2 aliphatic rings. The second kappa shape index (κ2) is 4.89. The zero-order valence-electron chi connectivity index (χ0n) is 10.0. The minimum Gasteiger partial charge on any atom is -0.491 e. The van der Waals surface area contributed by atoms with Gasteiger partial charge in [0, 0.05) is 18.6 Å². The molecule has 1 aromatic rings. The van der Waals surface area contributed by atoms with Crippen LogP contribution in [0.2, 0.25) is 0 Å². The Balaban J connectivity index is 1.94. The summed E-state index contributed by atoms with van der Waals surface area (Å²) in [6, 6.07) is 5.85. The molecule has 0 aliphatic carbocycles. The van der Waals surface area contributed by atoms with E-state index in [-0.39, 0.29) is 18.8 Å². The number of nitrogens with two attached hydrogens (primary N) is 1. The van der Waals surface area contributed by atoms with Gasteiger partial charge in [0.25, 0.3) is 0 Å². The summed E-state index contributed by atoms with van der Waals surface area (Å²) >= 11 is 0. The van der Waals surface area contributed by atoms with E-state index in [1.165, 1.54) is 0 Å². The molecule has 2 atom stereocenters. The topological polar surface area (TPSA) is 73.9 Å². The summed E-state index contributed by atoms with van der Waals surface area (Å²) < 4.78 is 17.4. The Morgan fingerprint density at radius 3 is 3.06 bits per heavy atom. The molecule has 3 N–H and O–H groups in total. The van der Waals surface area contributed by atoms with E-state index in [0.717, 1.165) is 16.8 Å². The molecular formula is C12H16BNO4. The third kappa shape index (κ3) is 1.91. The Morgan fingerprint density at radius 1 is 1.39 bits per heavy atom. The third-order valence-corrected chi connectivity index (χ3v) is 3.38. The van der Waals surface area contributed by atoms with Crippen molar-refractivity contribution < 1.29 is 19.2 Å². The summed E-state index contributed by atoms with van der Waals surface area (Å²) in [6.45, 7) is 0.926. The van der Waals surface area contributed by atoms with Gasteiger partial charge in [0.2, 0.25) is 0 Å². The summed E-state index contributed by atoms with van der Waals surface area (Å²) in [5.74, 6) is 0.800. The highest BCUT2D eigenvalue weighted by Gasteiger charge is 2.42. The lowest BCUT2D eigenvalue weighted by atomic mass is 9.77. The minimum atomic E-state index is -0.427. The highest BCUT2D eigenvalue weighted by atomic mass is 16.6. The Bertz CT molecular complexity index is 442. The van der Waals surface area contributed by atoms with Crippen LogP contribution in [0.3, 0.4) is 0 Å². The van der Waals surface area contributed by atoms with Gasteiger partial charge in [-0.05, 0) is 18.1 Å². The van der Waals surface area contributed by atoms with Gasteiger partial charge < -0.3 is 24.9 Å². The quantitative estimate of drug-likeness (QED) is 0.711. The fraction of sp³-hybridized carbons (Fsp3) is 0.500. The van der Waals surface area contributed by atoms with Gasteiger partial charge in [-0.2, -0.15) is 0 Å². The first-order chi connectivity index (χ1) is 8.83. The standard InChI is InChI=1S/C12H16BNO4/c14-6-11-9-2-1-3-10-12(9)13(18-11)17-8(4-5-15)7-16-10/h1-3,8,11,15H,4-7,14H2. The molecule has 18 heavy (non-hydrogen) atoms. The first-order valence-corrected chi connectivity index (χ1v) is 6.21. The van der Waals surface area contributed by atoms with E-state index in [9.17, 15) is 0 Å². The van der Waals surface area contributed by atoms with Crippen molar-refractivity contribution in [3.05, 3.63) is 23.8 Å². The SMILES string of the molecule is NCC1OB2OC(CCO)COc3cccc1c32. The Hall–Kier alpha value is -1.08. The maximum Gasteiger partial charge on any atom is 0.498 e. The number of hydrogen-bond acceptors (Lipinski definition) is 5. The van der Waals surface area contributed by atoms with Gasteiger partial charge in [0.05, 0.1) is 12.2 Å². The Kier molecular flexibility index (Phi) is 3.26. The van der Waals surface area contributed by atoms with Crippen LogP contribution in [0.25, 0.3) is 0 Å². The average molecular weight is 249 g/mol. The zero-order chi connectivity index (χ0) is 12.5. The second-order valence-electron chi connectivity index (χ2n) is 4.53. The zero-order valence-corrected chi connectivity index (χ0v) is 10.0. The van der Waals surface area contributed by atoms with E-state index in [1.54, 1.807) is 0 Å². The first kappa shape index (κ1) is 12.0. The third-order valence-electron chi connectivity index (χ3n) is 3.38. The number of hydrogen-bond donors (Lipinski definition) is 2.